The highest BCUT2D eigenvalue weighted by molar-refractivity contribution is 5.32. The van der Waals surface area contributed by atoms with Crippen LogP contribution >= 0.6 is 0 Å². The third-order valence-corrected chi connectivity index (χ3v) is 2.66. The smallest absolute Gasteiger partial charge is 0.140 e. The summed E-state index contributed by atoms with van der Waals surface area (Å²) in [4.78, 5) is 4.19. The van der Waals surface area contributed by atoms with Gasteiger partial charge in [0.25, 0.3) is 0 Å². The van der Waals surface area contributed by atoms with E-state index in [-0.39, 0.29) is 0 Å². The van der Waals surface area contributed by atoms with Gasteiger partial charge in [-0.05, 0) is 24.6 Å². The molecule has 2 aromatic rings. The third-order valence-electron chi connectivity index (χ3n) is 2.66. The lowest BCUT2D eigenvalue weighted by Gasteiger charge is -2.05. The zero-order chi connectivity index (χ0) is 12.8. The molecule has 5 heteroatoms. The lowest BCUT2D eigenvalue weighted by atomic mass is 10.1. The van der Waals surface area contributed by atoms with Gasteiger partial charge in [-0.1, -0.05) is 12.1 Å². The van der Waals surface area contributed by atoms with Gasteiger partial charge < -0.3 is 5.32 Å². The van der Waals surface area contributed by atoms with E-state index in [1.807, 2.05) is 29.8 Å². The standard InChI is InChI=1S/C13H15N5/c1-2-18-13(16-10-17-18)9-15-8-12-5-3-4-11(6-12)7-14/h3-6,10,15H,2,8-9H2,1H3. The molecule has 0 atom stereocenters. The second-order valence-corrected chi connectivity index (χ2v) is 3.91. The average molecular weight is 241 g/mol. The molecule has 0 saturated heterocycles. The van der Waals surface area contributed by atoms with Crippen LogP contribution in [0.3, 0.4) is 0 Å². The fraction of sp³-hybridized carbons (Fsp3) is 0.308. The number of nitriles is 1. The first-order valence-corrected chi connectivity index (χ1v) is 5.90. The van der Waals surface area contributed by atoms with Crippen LogP contribution in [0.15, 0.2) is 30.6 Å². The van der Waals surface area contributed by atoms with Crippen molar-refractivity contribution in [1.82, 2.24) is 20.1 Å². The summed E-state index contributed by atoms with van der Waals surface area (Å²) in [7, 11) is 0. The maximum Gasteiger partial charge on any atom is 0.140 e. The van der Waals surface area contributed by atoms with Gasteiger partial charge in [0.1, 0.15) is 12.2 Å². The minimum absolute atomic E-state index is 0.671. The van der Waals surface area contributed by atoms with Crippen LogP contribution < -0.4 is 5.32 Å². The van der Waals surface area contributed by atoms with Gasteiger partial charge in [-0.15, -0.1) is 0 Å². The zero-order valence-corrected chi connectivity index (χ0v) is 10.3. The van der Waals surface area contributed by atoms with E-state index in [1.54, 1.807) is 12.4 Å². The third kappa shape index (κ3) is 2.93. The molecule has 0 unspecified atom stereocenters. The van der Waals surface area contributed by atoms with Crippen LogP contribution in [0.25, 0.3) is 0 Å². The molecule has 0 radical (unpaired) electrons. The van der Waals surface area contributed by atoms with Crippen LogP contribution in [0.5, 0.6) is 0 Å². The van der Waals surface area contributed by atoms with E-state index in [9.17, 15) is 0 Å². The van der Waals surface area contributed by atoms with E-state index in [0.717, 1.165) is 17.9 Å². The van der Waals surface area contributed by atoms with Crippen molar-refractivity contribution in [1.29, 1.82) is 5.26 Å². The summed E-state index contributed by atoms with van der Waals surface area (Å²) in [6, 6.07) is 9.72. The molecule has 0 aliphatic rings. The quantitative estimate of drug-likeness (QED) is 0.860. The molecule has 1 N–H and O–H groups in total. The number of hydrogen-bond acceptors (Lipinski definition) is 4. The molecule has 92 valence electrons. The molecule has 5 nitrogen and oxygen atoms in total. The Hall–Kier alpha value is -2.19. The van der Waals surface area contributed by atoms with Crippen LogP contribution in [0.1, 0.15) is 23.9 Å². The minimum Gasteiger partial charge on any atom is -0.306 e. The lowest BCUT2D eigenvalue weighted by molar-refractivity contribution is 0.572. The van der Waals surface area contributed by atoms with Crippen molar-refractivity contribution in [3.05, 3.63) is 47.5 Å². The summed E-state index contributed by atoms with van der Waals surface area (Å²) in [5.41, 5.74) is 1.78. The Morgan fingerprint density at radius 2 is 2.28 bits per heavy atom. The molecule has 2 rings (SSSR count). The molecule has 1 aromatic carbocycles. The Balaban J connectivity index is 1.90. The number of hydrogen-bond donors (Lipinski definition) is 1. The van der Waals surface area contributed by atoms with E-state index in [4.69, 9.17) is 5.26 Å². The molecule has 0 spiro atoms. The molecule has 0 aliphatic heterocycles. The van der Waals surface area contributed by atoms with Crippen LogP contribution in [-0.4, -0.2) is 14.8 Å². The molecule has 0 fully saturated rings. The van der Waals surface area contributed by atoms with Crippen LogP contribution in [-0.2, 0) is 19.6 Å². The van der Waals surface area contributed by atoms with Gasteiger partial charge in [-0.25, -0.2) is 9.67 Å². The second-order valence-electron chi connectivity index (χ2n) is 3.91. The average Bonchev–Trinajstić information content (AvgIpc) is 2.86. The Morgan fingerprint density at radius 1 is 1.39 bits per heavy atom. The normalized spacial score (nSPS) is 10.2. The number of aryl methyl sites for hydroxylation is 1. The highest BCUT2D eigenvalue weighted by Crippen LogP contribution is 2.04. The van der Waals surface area contributed by atoms with E-state index >= 15 is 0 Å². The van der Waals surface area contributed by atoms with Crippen LogP contribution in [0.4, 0.5) is 0 Å². The predicted molar refractivity (Wildman–Crippen MR) is 67.4 cm³/mol. The minimum atomic E-state index is 0.671. The zero-order valence-electron chi connectivity index (χ0n) is 10.3. The fourth-order valence-corrected chi connectivity index (χ4v) is 1.76. The first kappa shape index (κ1) is 12.3. The van der Waals surface area contributed by atoms with E-state index < -0.39 is 0 Å². The van der Waals surface area contributed by atoms with Gasteiger partial charge in [0.15, 0.2) is 0 Å². The lowest BCUT2D eigenvalue weighted by Crippen LogP contribution is -2.17. The molecule has 0 amide bonds. The first-order chi connectivity index (χ1) is 8.83. The summed E-state index contributed by atoms with van der Waals surface area (Å²) in [6.45, 7) is 4.24. The first-order valence-electron chi connectivity index (χ1n) is 5.90. The summed E-state index contributed by atoms with van der Waals surface area (Å²) in [6.07, 6.45) is 1.57. The van der Waals surface area contributed by atoms with Crippen molar-refractivity contribution in [2.75, 3.05) is 0 Å². The van der Waals surface area contributed by atoms with Crippen LogP contribution in [0.2, 0.25) is 0 Å². The Morgan fingerprint density at radius 3 is 3.06 bits per heavy atom. The van der Waals surface area contributed by atoms with Gasteiger partial charge in [0, 0.05) is 13.1 Å². The summed E-state index contributed by atoms with van der Waals surface area (Å²) < 4.78 is 1.86. The van der Waals surface area contributed by atoms with Crippen molar-refractivity contribution in [3.63, 3.8) is 0 Å². The molecule has 0 saturated carbocycles. The van der Waals surface area contributed by atoms with E-state index in [1.165, 1.54) is 0 Å². The monoisotopic (exact) mass is 241 g/mol. The summed E-state index contributed by atoms with van der Waals surface area (Å²) >= 11 is 0. The highest BCUT2D eigenvalue weighted by atomic mass is 15.3. The van der Waals surface area contributed by atoms with Crippen molar-refractivity contribution in [2.24, 2.45) is 0 Å². The fourth-order valence-electron chi connectivity index (χ4n) is 1.76. The van der Waals surface area contributed by atoms with Crippen molar-refractivity contribution >= 4 is 0 Å². The van der Waals surface area contributed by atoms with Crippen molar-refractivity contribution < 1.29 is 0 Å². The summed E-state index contributed by atoms with van der Waals surface area (Å²) in [5, 5.41) is 16.2. The van der Waals surface area contributed by atoms with Gasteiger partial charge in [0.2, 0.25) is 0 Å². The largest absolute Gasteiger partial charge is 0.306 e. The molecular weight excluding hydrogens is 226 g/mol. The Kier molecular flexibility index (Phi) is 4.05. The van der Waals surface area contributed by atoms with Crippen LogP contribution in [0, 0.1) is 11.3 Å². The maximum absolute atomic E-state index is 8.81. The predicted octanol–water partition coefficient (Wildman–Crippen LogP) is 1.46. The molecule has 0 bridgehead atoms. The number of nitrogens with one attached hydrogen (secondary N) is 1. The number of rotatable bonds is 5. The molecule has 1 aromatic heterocycles. The molecule has 18 heavy (non-hydrogen) atoms. The maximum atomic E-state index is 8.81. The van der Waals surface area contributed by atoms with E-state index in [0.29, 0.717) is 18.7 Å². The molecular formula is C13H15N5. The summed E-state index contributed by atoms with van der Waals surface area (Å²) in [5.74, 6) is 0.925. The van der Waals surface area contributed by atoms with Gasteiger partial charge in [-0.2, -0.15) is 10.4 Å². The Labute approximate surface area is 106 Å². The number of benzene rings is 1. The van der Waals surface area contributed by atoms with Crippen molar-refractivity contribution in [3.8, 4) is 6.07 Å². The topological polar surface area (TPSA) is 66.5 Å². The van der Waals surface area contributed by atoms with Crippen molar-refractivity contribution in [2.45, 2.75) is 26.6 Å². The van der Waals surface area contributed by atoms with Gasteiger partial charge in [0.05, 0.1) is 18.2 Å². The van der Waals surface area contributed by atoms with E-state index in [2.05, 4.69) is 21.5 Å². The van der Waals surface area contributed by atoms with Gasteiger partial charge in [-0.3, -0.25) is 0 Å². The highest BCUT2D eigenvalue weighted by Gasteiger charge is 2.01. The number of nitrogens with zero attached hydrogens (tertiary/aromatic N) is 4. The number of aromatic nitrogens is 3. The Bertz CT molecular complexity index is 553. The second kappa shape index (κ2) is 5.94. The molecule has 0 aliphatic carbocycles. The van der Waals surface area contributed by atoms with Gasteiger partial charge >= 0.3 is 0 Å². The SMILES string of the molecule is CCn1ncnc1CNCc1cccc(C#N)c1. The molecule has 1 heterocycles.